The molecule has 0 saturated heterocycles. The summed E-state index contributed by atoms with van der Waals surface area (Å²) in [6.07, 6.45) is -5.05. The Morgan fingerprint density at radius 2 is 1.81 bits per heavy atom. The van der Waals surface area contributed by atoms with Crippen molar-refractivity contribution in [2.24, 2.45) is 7.05 Å². The lowest BCUT2D eigenvalue weighted by atomic mass is 10.2. The molecule has 9 nitrogen and oxygen atoms in total. The van der Waals surface area contributed by atoms with Gasteiger partial charge in [0.1, 0.15) is 5.69 Å². The number of hydrogen-bond donors (Lipinski definition) is 0. The van der Waals surface area contributed by atoms with Gasteiger partial charge in [0.05, 0.1) is 9.95 Å². The second-order valence-corrected chi connectivity index (χ2v) is 9.81. The quantitative estimate of drug-likeness (QED) is 0.567. The van der Waals surface area contributed by atoms with Crippen LogP contribution >= 0.6 is 11.5 Å². The highest BCUT2D eigenvalue weighted by molar-refractivity contribution is 7.93. The topological polar surface area (TPSA) is 111 Å². The zero-order valence-electron chi connectivity index (χ0n) is 16.2. The molecule has 0 saturated carbocycles. The maximum Gasteiger partial charge on any atom is 0.431 e. The number of nitrogens with zero attached hydrogens (tertiary/aromatic N) is 4. The summed E-state index contributed by atoms with van der Waals surface area (Å²) in [6.45, 7) is 2.38. The predicted molar refractivity (Wildman–Crippen MR) is 107 cm³/mol. The number of amides is 1. The molecular formula is C17H15F3N4O5S2. The number of sulfonamides is 1. The molecule has 1 amide bonds. The van der Waals surface area contributed by atoms with E-state index < -0.39 is 44.3 Å². The van der Waals surface area contributed by atoms with E-state index >= 15 is 0 Å². The normalized spacial score (nSPS) is 12.5. The van der Waals surface area contributed by atoms with Gasteiger partial charge in [-0.1, -0.05) is 18.2 Å². The largest absolute Gasteiger partial charge is 0.431 e. The van der Waals surface area contributed by atoms with Crippen LogP contribution in [0.2, 0.25) is 0 Å². The van der Waals surface area contributed by atoms with E-state index in [-0.39, 0.29) is 30.8 Å². The van der Waals surface area contributed by atoms with E-state index in [0.717, 1.165) is 11.5 Å². The van der Waals surface area contributed by atoms with Crippen LogP contribution in [-0.2, 0) is 23.2 Å². The minimum atomic E-state index is -5.05. The second kappa shape index (κ2) is 7.60. The van der Waals surface area contributed by atoms with Gasteiger partial charge in [-0.2, -0.15) is 17.5 Å². The smallest absolute Gasteiger partial charge is 0.291 e. The number of hydrogen-bond acceptors (Lipinski definition) is 7. The molecule has 3 aromatic rings. The Morgan fingerprint density at radius 3 is 2.39 bits per heavy atom. The fraction of sp³-hybridized carbons (Fsp3) is 0.294. The van der Waals surface area contributed by atoms with Crippen LogP contribution in [0.5, 0.6) is 0 Å². The monoisotopic (exact) mass is 476 g/mol. The molecule has 0 radical (unpaired) electrons. The van der Waals surface area contributed by atoms with Crippen LogP contribution in [-0.4, -0.2) is 33.2 Å². The van der Waals surface area contributed by atoms with Crippen molar-refractivity contribution in [1.29, 1.82) is 0 Å². The molecule has 0 bridgehead atoms. The summed E-state index contributed by atoms with van der Waals surface area (Å²) in [5.41, 5.74) is -5.24. The summed E-state index contributed by atoms with van der Waals surface area (Å²) in [7, 11) is -3.97. The molecule has 0 unspecified atom stereocenters. The van der Waals surface area contributed by atoms with Gasteiger partial charge >= 0.3 is 17.8 Å². The van der Waals surface area contributed by atoms with Crippen molar-refractivity contribution in [1.82, 2.24) is 13.6 Å². The molecule has 1 aromatic carbocycles. The van der Waals surface area contributed by atoms with Gasteiger partial charge in [0.15, 0.2) is 5.69 Å². The Hall–Kier alpha value is -3.00. The van der Waals surface area contributed by atoms with Gasteiger partial charge < -0.3 is 0 Å². The van der Waals surface area contributed by atoms with Gasteiger partial charge in [-0.3, -0.25) is 14.2 Å². The molecule has 0 aliphatic rings. The number of alkyl halides is 3. The first-order valence-electron chi connectivity index (χ1n) is 8.62. The Bertz CT molecular complexity index is 1400. The first-order valence-corrected chi connectivity index (χ1v) is 10.9. The molecule has 14 heteroatoms. The van der Waals surface area contributed by atoms with Crippen molar-refractivity contribution in [3.05, 3.63) is 62.6 Å². The second-order valence-electron chi connectivity index (χ2n) is 6.69. The van der Waals surface area contributed by atoms with Crippen molar-refractivity contribution in [2.45, 2.75) is 25.3 Å². The van der Waals surface area contributed by atoms with E-state index in [9.17, 15) is 36.0 Å². The van der Waals surface area contributed by atoms with Gasteiger partial charge in [0.25, 0.3) is 15.6 Å². The first-order chi connectivity index (χ1) is 14.3. The number of benzene rings is 1. The van der Waals surface area contributed by atoms with Crippen molar-refractivity contribution in [2.75, 3.05) is 4.41 Å². The number of carbonyl (C=O) groups is 1. The van der Waals surface area contributed by atoms with Crippen molar-refractivity contribution in [3.8, 4) is 0 Å². The molecule has 0 aliphatic carbocycles. The lowest BCUT2D eigenvalue weighted by molar-refractivity contribution is -0.144. The summed E-state index contributed by atoms with van der Waals surface area (Å²) in [4.78, 5) is 38.4. The van der Waals surface area contributed by atoms with Gasteiger partial charge in [0.2, 0.25) is 0 Å². The minimum Gasteiger partial charge on any atom is -0.291 e. The SMILES string of the molecule is CC(C)S(=O)(=O)N(C(=O)c1nsc2ccccc12)n1c(=O)cc(C(F)(F)F)n(C)c1=O. The molecule has 31 heavy (non-hydrogen) atoms. The standard InChI is InChI=1S/C17H15F3N4O5S2/c1-9(2)31(28,29)24(15(26)14-10-6-4-5-7-11(10)30-21-14)23-13(25)8-12(17(18,19)20)22(3)16(23)27/h4-9H,1-3H3. The van der Waals surface area contributed by atoms with Crippen LogP contribution in [0.4, 0.5) is 13.2 Å². The van der Waals surface area contributed by atoms with E-state index in [2.05, 4.69) is 4.37 Å². The lowest BCUT2D eigenvalue weighted by Crippen LogP contribution is -2.59. The summed E-state index contributed by atoms with van der Waals surface area (Å²) in [5.74, 6) is -1.34. The summed E-state index contributed by atoms with van der Waals surface area (Å²) < 4.78 is 69.6. The maximum absolute atomic E-state index is 13.2. The third-order valence-corrected chi connectivity index (χ3v) is 7.19. The molecule has 2 aromatic heterocycles. The van der Waals surface area contributed by atoms with Crippen molar-refractivity contribution in [3.63, 3.8) is 0 Å². The molecular weight excluding hydrogens is 461 g/mol. The first kappa shape index (κ1) is 22.7. The number of rotatable bonds is 4. The average molecular weight is 476 g/mol. The molecule has 0 N–H and O–H groups in total. The Morgan fingerprint density at radius 1 is 1.19 bits per heavy atom. The number of aromatic nitrogens is 3. The summed E-state index contributed by atoms with van der Waals surface area (Å²) in [5, 5.41) is -1.03. The Kier molecular flexibility index (Phi) is 5.56. The molecule has 0 spiro atoms. The van der Waals surface area contributed by atoms with Crippen LogP contribution in [0.25, 0.3) is 10.1 Å². The van der Waals surface area contributed by atoms with E-state index in [1.807, 2.05) is 0 Å². The van der Waals surface area contributed by atoms with Crippen molar-refractivity contribution >= 4 is 37.5 Å². The summed E-state index contributed by atoms with van der Waals surface area (Å²) in [6, 6.07) is 6.39. The fourth-order valence-electron chi connectivity index (χ4n) is 2.70. The molecule has 3 rings (SSSR count). The third kappa shape index (κ3) is 3.76. The highest BCUT2D eigenvalue weighted by Crippen LogP contribution is 2.27. The van der Waals surface area contributed by atoms with Crippen LogP contribution in [0, 0.1) is 0 Å². The predicted octanol–water partition coefficient (Wildman–Crippen LogP) is 1.69. The van der Waals surface area contributed by atoms with E-state index in [1.165, 1.54) is 19.9 Å². The number of halogens is 3. The fourth-order valence-corrected chi connectivity index (χ4v) is 4.57. The molecule has 0 atom stereocenters. The zero-order chi connectivity index (χ0) is 23.3. The summed E-state index contributed by atoms with van der Waals surface area (Å²) >= 11 is 0.879. The number of fused-ring (bicyclic) bond motifs is 1. The average Bonchev–Trinajstić information content (AvgIpc) is 3.10. The van der Waals surface area contributed by atoms with Gasteiger partial charge in [-0.15, -0.1) is 9.09 Å². The van der Waals surface area contributed by atoms with Crippen LogP contribution in [0.1, 0.15) is 30.0 Å². The van der Waals surface area contributed by atoms with Crippen LogP contribution < -0.4 is 15.7 Å². The molecule has 0 aliphatic heterocycles. The zero-order valence-corrected chi connectivity index (χ0v) is 17.9. The molecule has 166 valence electrons. The highest BCUT2D eigenvalue weighted by atomic mass is 32.2. The minimum absolute atomic E-state index is 0.0523. The van der Waals surface area contributed by atoms with E-state index in [1.54, 1.807) is 18.2 Å². The van der Waals surface area contributed by atoms with Crippen LogP contribution in [0.3, 0.4) is 0 Å². The Labute approximate surface area is 177 Å². The molecule has 2 heterocycles. The van der Waals surface area contributed by atoms with Crippen molar-refractivity contribution < 1.29 is 26.4 Å². The highest BCUT2D eigenvalue weighted by Gasteiger charge is 2.40. The van der Waals surface area contributed by atoms with Gasteiger partial charge in [-0.25, -0.2) is 13.2 Å². The van der Waals surface area contributed by atoms with Crippen LogP contribution in [0.15, 0.2) is 39.9 Å². The molecule has 0 fully saturated rings. The van der Waals surface area contributed by atoms with E-state index in [4.69, 9.17) is 0 Å². The maximum atomic E-state index is 13.2. The lowest BCUT2D eigenvalue weighted by Gasteiger charge is -2.25. The van der Waals surface area contributed by atoms with E-state index in [0.29, 0.717) is 11.7 Å². The number of carbonyl (C=O) groups excluding carboxylic acids is 1. The third-order valence-electron chi connectivity index (χ3n) is 4.36. The Balaban J connectivity index is 2.35. The van der Waals surface area contributed by atoms with Gasteiger partial charge in [-0.05, 0) is 31.4 Å². The van der Waals surface area contributed by atoms with Gasteiger partial charge in [0, 0.05) is 18.5 Å².